The highest BCUT2D eigenvalue weighted by atomic mass is 32.1. The molecule has 10 atom stereocenters. The van der Waals surface area contributed by atoms with Gasteiger partial charge in [0.15, 0.2) is 39.0 Å². The molecule has 0 spiro atoms. The molecule has 12 N–H and O–H groups in total. The van der Waals surface area contributed by atoms with E-state index < -0.39 is 11.2 Å². The summed E-state index contributed by atoms with van der Waals surface area (Å²) < 4.78 is 22.6. The SMILES string of the molecule is CC#C[C@]1(O)CC[C@H]2[C@@H]3CCC4=C/C(=N/NC(N)=S)CCC4=C3[C@@H](c3ccc4c(c3)OCO4)C[C@@]21C.CC#C[C@]1(O)CC[C@H]2[C@@H]3CCC4=CC(=O)CCC4=C3[C@@H](c3ccc4c(c3)OCO4)C[C@@]21C.NNC(N)=S.O. The summed E-state index contributed by atoms with van der Waals surface area (Å²) in [5.41, 5.74) is 24.8. The number of fused-ring (bicyclic) bond motifs is 10. The van der Waals surface area contributed by atoms with Crippen molar-refractivity contribution in [1.29, 1.82) is 0 Å². The van der Waals surface area contributed by atoms with Crippen molar-refractivity contribution in [3.63, 3.8) is 0 Å². The summed E-state index contributed by atoms with van der Waals surface area (Å²) in [6, 6.07) is 12.7. The molecule has 2 aromatic carbocycles. The van der Waals surface area contributed by atoms with E-state index in [2.05, 4.69) is 96.5 Å². The molecular formula is C58H70N6O8S2. The van der Waals surface area contributed by atoms with Crippen molar-refractivity contribution in [2.24, 2.45) is 56.9 Å². The fourth-order valence-corrected chi connectivity index (χ4v) is 15.3. The van der Waals surface area contributed by atoms with Crippen LogP contribution in [0.4, 0.5) is 0 Å². The predicted octanol–water partition coefficient (Wildman–Crippen LogP) is 7.63. The first kappa shape index (κ1) is 53.1. The van der Waals surface area contributed by atoms with Crippen LogP contribution in [0.1, 0.15) is 141 Å². The number of nitrogens with one attached hydrogen (secondary N) is 2. The number of aliphatic hydroxyl groups is 2. The van der Waals surface area contributed by atoms with E-state index in [1.807, 2.05) is 37.5 Å². The van der Waals surface area contributed by atoms with Crippen LogP contribution >= 0.6 is 24.4 Å². The molecule has 12 rings (SSSR count). The molecule has 0 radical (unpaired) electrons. The van der Waals surface area contributed by atoms with Gasteiger partial charge < -0.3 is 51.5 Å². The molecule has 16 heteroatoms. The summed E-state index contributed by atoms with van der Waals surface area (Å²) in [7, 11) is 0. The number of nitrogens with two attached hydrogens (primary N) is 3. The van der Waals surface area contributed by atoms with Crippen LogP contribution in [-0.2, 0) is 4.79 Å². The number of rotatable bonds is 3. The first-order chi connectivity index (χ1) is 35.0. The second-order valence-corrected chi connectivity index (χ2v) is 22.8. The number of carbonyl (C=O) groups is 1. The summed E-state index contributed by atoms with van der Waals surface area (Å²) in [6.45, 7) is 8.75. The number of hydrogen-bond acceptors (Lipinski definition) is 11. The predicted molar refractivity (Wildman–Crippen MR) is 293 cm³/mol. The van der Waals surface area contributed by atoms with E-state index in [4.69, 9.17) is 42.6 Å². The summed E-state index contributed by atoms with van der Waals surface area (Å²) in [5.74, 6) is 22.7. The maximum absolute atomic E-state index is 12.2. The van der Waals surface area contributed by atoms with E-state index in [0.29, 0.717) is 30.1 Å². The maximum Gasteiger partial charge on any atom is 0.231 e. The first-order valence-corrected chi connectivity index (χ1v) is 26.8. The largest absolute Gasteiger partial charge is 0.454 e. The van der Waals surface area contributed by atoms with Gasteiger partial charge in [-0.3, -0.25) is 10.2 Å². The van der Waals surface area contributed by atoms with Gasteiger partial charge in [0.1, 0.15) is 11.2 Å². The number of hydrogen-bond donors (Lipinski definition) is 7. The van der Waals surface area contributed by atoms with E-state index >= 15 is 0 Å². The lowest BCUT2D eigenvalue weighted by atomic mass is 9.51. The van der Waals surface area contributed by atoms with Gasteiger partial charge in [-0.15, -0.1) is 11.8 Å². The van der Waals surface area contributed by atoms with Gasteiger partial charge in [-0.05, 0) is 215 Å². The lowest BCUT2D eigenvalue weighted by molar-refractivity contribution is -0.114. The molecule has 392 valence electrons. The van der Waals surface area contributed by atoms with E-state index in [9.17, 15) is 15.0 Å². The Bertz CT molecular complexity index is 2940. The molecule has 0 aromatic heterocycles. The third-order valence-corrected chi connectivity index (χ3v) is 18.7. The number of hydrazine groups is 1. The molecule has 0 bridgehead atoms. The smallest absolute Gasteiger partial charge is 0.231 e. The normalized spacial score (nSPS) is 33.7. The number of carbonyl (C=O) groups excluding carboxylic acids is 1. The standard InChI is InChI=1S/C29H33N3O3S.C28H30O4.CH5N3S.H2O/c1-3-11-29(33)12-10-23-21-7-4-17-13-19(31-32-27(30)36)6-8-20(17)26(21)22(15-28(23,29)2)18-5-9-24-25(14-18)35-16-34-24;1-3-11-28(30)12-10-23-21-7-4-17-13-19(29)6-8-20(17)26(21)22(15-27(23,28)2)18-5-9-24-25(14-18)32-16-31-24;2-1(5)4-3;/h5,9,13-14,21-23,33H,4,6-8,10,12,15-16H2,1-2H3,(H3,30,32,36);5,9,13-14,21-23,30H,4,6-8,10,12,15-16H2,1-2H3;3H2,(H3,2,4,5);1H2/b31-19+;;;/t21-,22+,23-,28-,29-;21-,22+,23-,27-,28-;;/m00../s1. The van der Waals surface area contributed by atoms with Crippen molar-refractivity contribution in [3.05, 3.63) is 93.1 Å². The Morgan fingerprint density at radius 1 is 0.676 bits per heavy atom. The third-order valence-electron chi connectivity index (χ3n) is 18.5. The second-order valence-electron chi connectivity index (χ2n) is 21.9. The Kier molecular flexibility index (Phi) is 14.9. The van der Waals surface area contributed by atoms with Crippen LogP contribution < -0.4 is 47.1 Å². The van der Waals surface area contributed by atoms with Gasteiger partial charge in [0.05, 0.1) is 5.71 Å². The summed E-state index contributed by atoms with van der Waals surface area (Å²) >= 11 is 9.17. The zero-order valence-electron chi connectivity index (χ0n) is 42.8. The van der Waals surface area contributed by atoms with Gasteiger partial charge in [0.25, 0.3) is 0 Å². The molecule has 2 aliphatic heterocycles. The molecule has 74 heavy (non-hydrogen) atoms. The second kappa shape index (κ2) is 20.8. The van der Waals surface area contributed by atoms with Crippen LogP contribution in [0.15, 0.2) is 87.1 Å². The number of allylic oxidation sites excluding steroid dienone is 8. The summed E-state index contributed by atoms with van der Waals surface area (Å²) in [5, 5.41) is 28.3. The minimum atomic E-state index is -0.952. The molecule has 2 aromatic rings. The molecule has 0 saturated heterocycles. The average Bonchev–Trinajstić information content (AvgIpc) is 4.16. The minimum absolute atomic E-state index is 0. The van der Waals surface area contributed by atoms with Gasteiger partial charge in [0, 0.05) is 29.1 Å². The zero-order chi connectivity index (χ0) is 51.5. The van der Waals surface area contributed by atoms with Crippen molar-refractivity contribution in [1.82, 2.24) is 10.9 Å². The molecule has 4 fully saturated rings. The number of ketones is 1. The van der Waals surface area contributed by atoms with E-state index in [1.54, 1.807) is 5.57 Å². The third kappa shape index (κ3) is 9.19. The lowest BCUT2D eigenvalue weighted by Gasteiger charge is -2.53. The van der Waals surface area contributed by atoms with Crippen LogP contribution in [0.25, 0.3) is 0 Å². The molecule has 14 nitrogen and oxygen atoms in total. The topological polar surface area (TPSA) is 240 Å². The van der Waals surface area contributed by atoms with Gasteiger partial charge in [0.2, 0.25) is 13.6 Å². The van der Waals surface area contributed by atoms with Crippen molar-refractivity contribution in [2.75, 3.05) is 13.6 Å². The molecule has 0 unspecified atom stereocenters. The van der Waals surface area contributed by atoms with E-state index in [0.717, 1.165) is 112 Å². The van der Waals surface area contributed by atoms with Crippen molar-refractivity contribution in [3.8, 4) is 46.7 Å². The highest BCUT2D eigenvalue weighted by molar-refractivity contribution is 7.80. The molecule has 4 saturated carbocycles. The van der Waals surface area contributed by atoms with Crippen molar-refractivity contribution >= 4 is 46.2 Å². The number of thiocarbonyl (C=S) groups is 2. The van der Waals surface area contributed by atoms with Crippen molar-refractivity contribution in [2.45, 2.75) is 141 Å². The van der Waals surface area contributed by atoms with Gasteiger partial charge in [-0.1, -0.05) is 49.0 Å². The Morgan fingerprint density at radius 2 is 1.14 bits per heavy atom. The van der Waals surface area contributed by atoms with Crippen LogP contribution in [0, 0.1) is 58.2 Å². The fraction of sp³-hybridized carbons (Fsp3) is 0.517. The lowest BCUT2D eigenvalue weighted by Crippen LogP contribution is -2.51. The fourth-order valence-electron chi connectivity index (χ4n) is 15.2. The Hall–Kier alpha value is -5.72. The zero-order valence-corrected chi connectivity index (χ0v) is 44.5. The number of hydrazone groups is 1. The summed E-state index contributed by atoms with van der Waals surface area (Å²) in [6.07, 6.45) is 16.7. The van der Waals surface area contributed by atoms with Gasteiger partial charge in [-0.25, -0.2) is 5.84 Å². The molecule has 8 aliphatic carbocycles. The number of nitrogens with zero attached hydrogens (tertiary/aromatic N) is 1. The van der Waals surface area contributed by atoms with Crippen LogP contribution in [0.2, 0.25) is 0 Å². The minimum Gasteiger partial charge on any atom is -0.454 e. The highest BCUT2D eigenvalue weighted by Gasteiger charge is 2.64. The van der Waals surface area contributed by atoms with E-state index in [1.165, 1.54) is 39.0 Å². The Labute approximate surface area is 445 Å². The quantitative estimate of drug-likeness (QED) is 0.0678. The van der Waals surface area contributed by atoms with Crippen LogP contribution in [-0.4, -0.2) is 62.2 Å². The monoisotopic (exact) mass is 1040 g/mol. The average molecular weight is 1040 g/mol. The molecule has 0 amide bonds. The Morgan fingerprint density at radius 3 is 1.59 bits per heavy atom. The number of ether oxygens (including phenoxy) is 4. The van der Waals surface area contributed by atoms with Crippen LogP contribution in [0.5, 0.6) is 23.0 Å². The van der Waals surface area contributed by atoms with Gasteiger partial charge >= 0.3 is 0 Å². The number of benzene rings is 2. The summed E-state index contributed by atoms with van der Waals surface area (Å²) in [4.78, 5) is 12.2. The molecular weight excluding hydrogens is 973 g/mol. The van der Waals surface area contributed by atoms with Crippen molar-refractivity contribution < 1.29 is 39.4 Å². The van der Waals surface area contributed by atoms with E-state index in [-0.39, 0.29) is 57.7 Å². The van der Waals surface area contributed by atoms with Gasteiger partial charge in [-0.2, -0.15) is 5.10 Å². The maximum atomic E-state index is 12.2. The highest BCUT2D eigenvalue weighted by Crippen LogP contribution is 2.68. The Balaban J connectivity index is 0.000000165. The molecule has 10 aliphatic rings. The molecule has 2 heterocycles. The first-order valence-electron chi connectivity index (χ1n) is 25.9. The van der Waals surface area contributed by atoms with Crippen LogP contribution in [0.3, 0.4) is 0 Å².